The van der Waals surface area contributed by atoms with E-state index in [0.29, 0.717) is 10.7 Å². The molecule has 3 rings (SSSR count). The van der Waals surface area contributed by atoms with Crippen molar-refractivity contribution in [3.05, 3.63) is 69.5 Å². The van der Waals surface area contributed by atoms with Crippen LogP contribution in [0.25, 0.3) is 11.3 Å². The van der Waals surface area contributed by atoms with E-state index in [1.165, 1.54) is 11.3 Å². The van der Waals surface area contributed by atoms with Gasteiger partial charge in [0, 0.05) is 27.6 Å². The van der Waals surface area contributed by atoms with Gasteiger partial charge in [0.25, 0.3) is 5.91 Å². The van der Waals surface area contributed by atoms with Gasteiger partial charge in [-0.15, -0.1) is 11.3 Å². The van der Waals surface area contributed by atoms with Crippen LogP contribution in [0.5, 0.6) is 5.75 Å². The second kappa shape index (κ2) is 8.91. The van der Waals surface area contributed by atoms with Gasteiger partial charge < -0.3 is 5.11 Å². The lowest BCUT2D eigenvalue weighted by Gasteiger charge is -2.28. The maximum absolute atomic E-state index is 12.5. The van der Waals surface area contributed by atoms with Gasteiger partial charge in [0.2, 0.25) is 10.0 Å². The molecule has 0 spiro atoms. The first-order valence-electron chi connectivity index (χ1n) is 10.6. The Morgan fingerprint density at radius 3 is 2.06 bits per heavy atom. The number of nitrogens with zero attached hydrogens (tertiary/aromatic N) is 1. The lowest BCUT2D eigenvalue weighted by molar-refractivity contribution is 0.0981. The first-order valence-corrected chi connectivity index (χ1v) is 13.1. The highest BCUT2D eigenvalue weighted by Crippen LogP contribution is 2.42. The van der Waals surface area contributed by atoms with E-state index in [1.54, 1.807) is 35.7 Å². The zero-order valence-corrected chi connectivity index (χ0v) is 21.4. The minimum Gasteiger partial charge on any atom is -0.507 e. The van der Waals surface area contributed by atoms with Crippen molar-refractivity contribution in [1.82, 2.24) is 9.71 Å². The number of thiazole rings is 1. The third-order valence-corrected chi connectivity index (χ3v) is 7.35. The van der Waals surface area contributed by atoms with Crippen molar-refractivity contribution in [2.24, 2.45) is 0 Å². The van der Waals surface area contributed by atoms with E-state index in [-0.39, 0.29) is 22.1 Å². The molecule has 6 nitrogen and oxygen atoms in total. The van der Waals surface area contributed by atoms with Gasteiger partial charge in [0.05, 0.1) is 5.69 Å². The van der Waals surface area contributed by atoms with Crippen molar-refractivity contribution < 1.29 is 18.3 Å². The molecule has 1 heterocycles. The molecular formula is C25H30N2O4S2. The van der Waals surface area contributed by atoms with Crippen LogP contribution in [-0.4, -0.2) is 24.4 Å². The molecule has 2 aromatic carbocycles. The number of hydrogen-bond donors (Lipinski definition) is 2. The van der Waals surface area contributed by atoms with Gasteiger partial charge in [0.15, 0.2) is 0 Å². The summed E-state index contributed by atoms with van der Waals surface area (Å²) in [5.74, 6) is -0.789. The molecule has 0 unspecified atom stereocenters. The number of phenols is 1. The van der Waals surface area contributed by atoms with E-state index < -0.39 is 21.7 Å². The number of amides is 1. The van der Waals surface area contributed by atoms with E-state index in [0.717, 1.165) is 16.7 Å². The molecule has 0 aliphatic carbocycles. The van der Waals surface area contributed by atoms with Crippen molar-refractivity contribution in [1.29, 1.82) is 0 Å². The number of hydrogen-bond acceptors (Lipinski definition) is 6. The minimum absolute atomic E-state index is 0.273. The van der Waals surface area contributed by atoms with Crippen LogP contribution in [0.15, 0.2) is 47.8 Å². The summed E-state index contributed by atoms with van der Waals surface area (Å²) in [6, 6.07) is 12.0. The summed E-state index contributed by atoms with van der Waals surface area (Å²) in [5.41, 5.74) is 2.76. The van der Waals surface area contributed by atoms with Crippen LogP contribution < -0.4 is 4.72 Å². The molecule has 0 bridgehead atoms. The number of nitrogens with one attached hydrogen (secondary N) is 1. The normalized spacial score (nSPS) is 12.5. The zero-order chi connectivity index (χ0) is 24.6. The van der Waals surface area contributed by atoms with Crippen LogP contribution in [0.4, 0.5) is 0 Å². The van der Waals surface area contributed by atoms with Crippen molar-refractivity contribution in [2.45, 2.75) is 58.1 Å². The SMILES string of the molecule is CC(C)(C)c1cc(-c2csc(CS(=O)(=O)NC(=O)c3ccccc3)n2)cc(C(C)(C)C)c1O. The predicted molar refractivity (Wildman–Crippen MR) is 133 cm³/mol. The largest absolute Gasteiger partial charge is 0.507 e. The van der Waals surface area contributed by atoms with Crippen LogP contribution in [0, 0.1) is 0 Å². The summed E-state index contributed by atoms with van der Waals surface area (Å²) in [5, 5.41) is 13.1. The first-order chi connectivity index (χ1) is 15.2. The molecule has 1 aromatic heterocycles. The zero-order valence-electron chi connectivity index (χ0n) is 19.8. The van der Waals surface area contributed by atoms with E-state index in [2.05, 4.69) is 9.71 Å². The van der Waals surface area contributed by atoms with Gasteiger partial charge in [0.1, 0.15) is 16.5 Å². The first kappa shape index (κ1) is 24.9. The topological polar surface area (TPSA) is 96.4 Å². The van der Waals surface area contributed by atoms with Gasteiger partial charge in [-0.25, -0.2) is 18.1 Å². The van der Waals surface area contributed by atoms with Crippen LogP contribution in [0.3, 0.4) is 0 Å². The second-order valence-electron chi connectivity index (χ2n) is 10.1. The molecule has 3 aromatic rings. The Bertz CT molecular complexity index is 1230. The average molecular weight is 487 g/mol. The molecule has 0 atom stereocenters. The maximum atomic E-state index is 12.5. The Labute approximate surface area is 199 Å². The summed E-state index contributed by atoms with van der Waals surface area (Å²) >= 11 is 1.22. The van der Waals surface area contributed by atoms with Crippen LogP contribution in [0.1, 0.15) is 68.0 Å². The average Bonchev–Trinajstić information content (AvgIpc) is 3.14. The molecule has 1 amide bonds. The Hall–Kier alpha value is -2.71. The van der Waals surface area contributed by atoms with Gasteiger partial charge in [-0.1, -0.05) is 59.7 Å². The number of carbonyl (C=O) groups excluding carboxylic acids is 1. The van der Waals surface area contributed by atoms with Gasteiger partial charge in [-0.05, 0) is 35.1 Å². The second-order valence-corrected chi connectivity index (χ2v) is 12.8. The predicted octanol–water partition coefficient (Wildman–Crippen LogP) is 5.37. The fourth-order valence-corrected chi connectivity index (χ4v) is 5.61. The summed E-state index contributed by atoms with van der Waals surface area (Å²) in [6.45, 7) is 12.2. The Kier molecular flexibility index (Phi) is 6.73. The van der Waals surface area contributed by atoms with Crippen molar-refractivity contribution in [2.75, 3.05) is 0 Å². The van der Waals surface area contributed by atoms with Gasteiger partial charge in [-0.2, -0.15) is 0 Å². The fraction of sp³-hybridized carbons (Fsp3) is 0.360. The Morgan fingerprint density at radius 1 is 1.00 bits per heavy atom. The molecule has 33 heavy (non-hydrogen) atoms. The van der Waals surface area contributed by atoms with E-state index in [1.807, 2.05) is 53.7 Å². The standard InChI is InChI=1S/C25H30N2O4S2/c1-24(2,3)18-12-17(13-19(22(18)28)25(4,5)6)20-14-32-21(26-20)15-33(30,31)27-23(29)16-10-8-7-9-11-16/h7-14,28H,15H2,1-6H3,(H,27,29). The lowest BCUT2D eigenvalue weighted by Crippen LogP contribution is -2.31. The smallest absolute Gasteiger partial charge is 0.264 e. The van der Waals surface area contributed by atoms with Crippen molar-refractivity contribution in [3.63, 3.8) is 0 Å². The monoisotopic (exact) mass is 486 g/mol. The molecule has 0 radical (unpaired) electrons. The number of benzene rings is 2. The van der Waals surface area contributed by atoms with Crippen LogP contribution >= 0.6 is 11.3 Å². The number of phenolic OH excluding ortho intramolecular Hbond substituents is 1. The van der Waals surface area contributed by atoms with Crippen molar-refractivity contribution in [3.8, 4) is 17.0 Å². The quantitative estimate of drug-likeness (QED) is 0.505. The molecule has 176 valence electrons. The Balaban J connectivity index is 1.90. The highest BCUT2D eigenvalue weighted by molar-refractivity contribution is 7.89. The highest BCUT2D eigenvalue weighted by atomic mass is 32.2. The lowest BCUT2D eigenvalue weighted by atomic mass is 9.78. The number of aromatic nitrogens is 1. The fourth-order valence-electron chi connectivity index (χ4n) is 3.42. The number of rotatable bonds is 5. The molecule has 0 aliphatic heterocycles. The molecule has 0 fully saturated rings. The molecule has 0 saturated heterocycles. The summed E-state index contributed by atoms with van der Waals surface area (Å²) in [7, 11) is -3.91. The van der Waals surface area contributed by atoms with Crippen molar-refractivity contribution >= 4 is 27.3 Å². The van der Waals surface area contributed by atoms with E-state index in [9.17, 15) is 18.3 Å². The third kappa shape index (κ3) is 6.00. The molecule has 0 saturated carbocycles. The maximum Gasteiger partial charge on any atom is 0.264 e. The van der Waals surface area contributed by atoms with Gasteiger partial charge in [-0.3, -0.25) is 4.79 Å². The van der Waals surface area contributed by atoms with Crippen LogP contribution in [-0.2, 0) is 26.6 Å². The minimum atomic E-state index is -3.91. The van der Waals surface area contributed by atoms with Gasteiger partial charge >= 0.3 is 0 Å². The third-order valence-electron chi connectivity index (χ3n) is 5.17. The summed E-state index contributed by atoms with van der Waals surface area (Å²) in [4.78, 5) is 16.8. The molecule has 2 N–H and O–H groups in total. The van der Waals surface area contributed by atoms with E-state index >= 15 is 0 Å². The Morgan fingerprint density at radius 2 is 1.55 bits per heavy atom. The highest BCUT2D eigenvalue weighted by Gasteiger charge is 2.27. The number of sulfonamides is 1. The number of aromatic hydroxyl groups is 1. The van der Waals surface area contributed by atoms with E-state index in [4.69, 9.17) is 0 Å². The summed E-state index contributed by atoms with van der Waals surface area (Å²) < 4.78 is 27.2. The summed E-state index contributed by atoms with van der Waals surface area (Å²) in [6.07, 6.45) is 0. The van der Waals surface area contributed by atoms with Crippen LogP contribution in [0.2, 0.25) is 0 Å². The molecule has 0 aliphatic rings. The molecule has 8 heteroatoms. The molecular weight excluding hydrogens is 456 g/mol. The number of carbonyl (C=O) groups is 1.